The van der Waals surface area contributed by atoms with Gasteiger partial charge in [-0.15, -0.1) is 0 Å². The van der Waals surface area contributed by atoms with Crippen molar-refractivity contribution in [2.45, 2.75) is 65.2 Å². The predicted molar refractivity (Wildman–Crippen MR) is 105 cm³/mol. The van der Waals surface area contributed by atoms with Crippen LogP contribution in [0.2, 0.25) is 0 Å². The maximum atomic E-state index is 12.9. The molecule has 1 aromatic carbocycles. The van der Waals surface area contributed by atoms with Crippen LogP contribution in [0.5, 0.6) is 0 Å². The number of fused-ring (bicyclic) bond motifs is 2. The molecule has 5 heteroatoms. The van der Waals surface area contributed by atoms with Crippen LogP contribution in [0.4, 0.5) is 4.79 Å². The molecule has 4 atom stereocenters. The van der Waals surface area contributed by atoms with Crippen LogP contribution < -0.4 is 0 Å². The van der Waals surface area contributed by atoms with Gasteiger partial charge in [0.05, 0.1) is 11.5 Å². The van der Waals surface area contributed by atoms with Crippen LogP contribution in [0.25, 0.3) is 0 Å². The average Bonchev–Trinajstić information content (AvgIpc) is 2.96. The summed E-state index contributed by atoms with van der Waals surface area (Å²) in [5, 5.41) is 0. The summed E-state index contributed by atoms with van der Waals surface area (Å²) >= 11 is 0. The van der Waals surface area contributed by atoms with Crippen LogP contribution in [0.1, 0.15) is 63.6 Å². The van der Waals surface area contributed by atoms with Gasteiger partial charge >= 0.3 is 12.1 Å². The molecule has 2 fully saturated rings. The topological polar surface area (TPSA) is 55.8 Å². The lowest BCUT2D eigenvalue weighted by molar-refractivity contribution is -0.178. The highest BCUT2D eigenvalue weighted by Gasteiger charge is 2.76. The van der Waals surface area contributed by atoms with Crippen LogP contribution in [0.3, 0.4) is 0 Å². The minimum absolute atomic E-state index is 0.0414. The molecule has 1 aromatic rings. The Balaban J connectivity index is 1.42. The molecular weight excluding hydrogens is 354 g/mol. The summed E-state index contributed by atoms with van der Waals surface area (Å²) in [7, 11) is 0. The molecule has 4 rings (SSSR count). The maximum Gasteiger partial charge on any atom is 0.413 e. The lowest BCUT2D eigenvalue weighted by Gasteiger charge is -2.33. The Morgan fingerprint density at radius 1 is 1.29 bits per heavy atom. The summed E-state index contributed by atoms with van der Waals surface area (Å²) in [6.07, 6.45) is 3.27. The number of esters is 1. The van der Waals surface area contributed by atoms with Crippen LogP contribution in [0, 0.1) is 10.8 Å². The molecule has 3 aliphatic carbocycles. The first-order valence-electron chi connectivity index (χ1n) is 10.2. The first-order valence-corrected chi connectivity index (χ1v) is 10.2. The molecule has 150 valence electrons. The van der Waals surface area contributed by atoms with Gasteiger partial charge < -0.3 is 9.47 Å². The molecule has 0 aliphatic heterocycles. The maximum absolute atomic E-state index is 12.9. The zero-order valence-corrected chi connectivity index (χ0v) is 17.0. The SMILES string of the molecule is C=C(C)CN(C(=O)OC(C)OC(=O)C12CCC1(C)C2)C1CCc2ccccc21. The number of amides is 1. The quantitative estimate of drug-likeness (QED) is 0.403. The van der Waals surface area contributed by atoms with Crippen molar-refractivity contribution in [2.24, 2.45) is 10.8 Å². The minimum Gasteiger partial charge on any atom is -0.425 e. The molecule has 4 unspecified atom stereocenters. The van der Waals surface area contributed by atoms with Crippen LogP contribution >= 0.6 is 0 Å². The molecule has 1 amide bonds. The van der Waals surface area contributed by atoms with Gasteiger partial charge in [0.25, 0.3) is 0 Å². The number of carbonyl (C=O) groups excluding carboxylic acids is 2. The first kappa shape index (κ1) is 19.0. The molecule has 0 N–H and O–H groups in total. The van der Waals surface area contributed by atoms with Gasteiger partial charge in [-0.2, -0.15) is 0 Å². The molecule has 0 aromatic heterocycles. The van der Waals surface area contributed by atoms with E-state index < -0.39 is 12.4 Å². The smallest absolute Gasteiger partial charge is 0.413 e. The van der Waals surface area contributed by atoms with Gasteiger partial charge in [0.1, 0.15) is 0 Å². The summed E-state index contributed by atoms with van der Waals surface area (Å²) in [6, 6.07) is 8.15. The van der Waals surface area contributed by atoms with Crippen LogP contribution in [0.15, 0.2) is 36.4 Å². The van der Waals surface area contributed by atoms with Gasteiger partial charge in [0.15, 0.2) is 0 Å². The van der Waals surface area contributed by atoms with Crippen molar-refractivity contribution in [1.29, 1.82) is 0 Å². The standard InChI is InChI=1S/C23H29NO4/c1-15(2)13-24(19-10-9-17-7-5-6-8-18(17)19)21(26)28-16(3)27-20(25)23-12-11-22(23,4)14-23/h5-8,16,19H,1,9-14H2,2-4H3. The Morgan fingerprint density at radius 3 is 2.64 bits per heavy atom. The monoisotopic (exact) mass is 383 g/mol. The van der Waals surface area contributed by atoms with Crippen molar-refractivity contribution >= 4 is 12.1 Å². The van der Waals surface area contributed by atoms with Gasteiger partial charge in [0, 0.05) is 13.5 Å². The minimum atomic E-state index is -0.899. The highest BCUT2D eigenvalue weighted by atomic mass is 16.7. The number of rotatable bonds is 6. The fraction of sp³-hybridized carbons (Fsp3) is 0.565. The van der Waals surface area contributed by atoms with E-state index in [1.165, 1.54) is 5.56 Å². The zero-order valence-electron chi connectivity index (χ0n) is 17.0. The van der Waals surface area contributed by atoms with Gasteiger partial charge in [-0.25, -0.2) is 4.79 Å². The Labute approximate surface area is 166 Å². The van der Waals surface area contributed by atoms with Gasteiger partial charge in [0.2, 0.25) is 6.29 Å². The molecule has 5 nitrogen and oxygen atoms in total. The Bertz CT molecular complexity index is 834. The van der Waals surface area contributed by atoms with E-state index >= 15 is 0 Å². The number of aryl methyl sites for hydroxylation is 1. The van der Waals surface area contributed by atoms with Crippen molar-refractivity contribution in [3.63, 3.8) is 0 Å². The van der Waals surface area contributed by atoms with E-state index in [9.17, 15) is 9.59 Å². The second-order valence-electron chi connectivity index (χ2n) is 9.01. The second-order valence-corrected chi connectivity index (χ2v) is 9.01. The van der Waals surface area contributed by atoms with Crippen molar-refractivity contribution in [3.8, 4) is 0 Å². The lowest BCUT2D eigenvalue weighted by Crippen LogP contribution is -2.40. The van der Waals surface area contributed by atoms with Crippen molar-refractivity contribution < 1.29 is 19.1 Å². The van der Waals surface area contributed by atoms with Crippen LogP contribution in [-0.2, 0) is 20.7 Å². The molecule has 28 heavy (non-hydrogen) atoms. The van der Waals surface area contributed by atoms with Crippen molar-refractivity contribution in [3.05, 3.63) is 47.5 Å². The van der Waals surface area contributed by atoms with E-state index in [-0.39, 0.29) is 22.8 Å². The number of hydrogen-bond acceptors (Lipinski definition) is 4. The number of hydrogen-bond donors (Lipinski definition) is 0. The van der Waals surface area contributed by atoms with Gasteiger partial charge in [-0.1, -0.05) is 43.3 Å². The average molecular weight is 383 g/mol. The fourth-order valence-electron chi connectivity index (χ4n) is 5.02. The molecule has 3 aliphatic rings. The molecule has 0 spiro atoms. The third kappa shape index (κ3) is 3.01. The van der Waals surface area contributed by atoms with Gasteiger partial charge in [-0.05, 0) is 55.6 Å². The predicted octanol–water partition coefficient (Wildman–Crippen LogP) is 4.77. The van der Waals surface area contributed by atoms with E-state index in [2.05, 4.69) is 25.6 Å². The largest absolute Gasteiger partial charge is 0.425 e. The third-order valence-corrected chi connectivity index (χ3v) is 6.91. The van der Waals surface area contributed by atoms with E-state index in [1.807, 2.05) is 19.1 Å². The molecular formula is C23H29NO4. The number of benzene rings is 1. The number of nitrogens with zero attached hydrogens (tertiary/aromatic N) is 1. The summed E-state index contributed by atoms with van der Waals surface area (Å²) in [5.74, 6) is -0.223. The van der Waals surface area contributed by atoms with E-state index in [4.69, 9.17) is 9.47 Å². The second kappa shape index (κ2) is 6.64. The number of ether oxygens (including phenoxy) is 2. The summed E-state index contributed by atoms with van der Waals surface area (Å²) in [4.78, 5) is 27.2. The zero-order chi connectivity index (χ0) is 20.1. The lowest BCUT2D eigenvalue weighted by atomic mass is 9.75. The molecule has 0 saturated heterocycles. The van der Waals surface area contributed by atoms with E-state index in [1.54, 1.807) is 11.8 Å². The molecule has 0 radical (unpaired) electrons. The highest BCUT2D eigenvalue weighted by Crippen LogP contribution is 2.77. The molecule has 0 bridgehead atoms. The van der Waals surface area contributed by atoms with Gasteiger partial charge in [-0.3, -0.25) is 9.69 Å². The Hall–Kier alpha value is -2.30. The Morgan fingerprint density at radius 2 is 2.04 bits per heavy atom. The third-order valence-electron chi connectivity index (χ3n) is 6.91. The first-order chi connectivity index (χ1) is 13.3. The molecule has 0 heterocycles. The summed E-state index contributed by atoms with van der Waals surface area (Å²) in [5.41, 5.74) is 3.09. The normalized spacial score (nSPS) is 30.3. The fourth-order valence-corrected chi connectivity index (χ4v) is 5.02. The Kier molecular flexibility index (Phi) is 4.52. The van der Waals surface area contributed by atoms with E-state index in [0.29, 0.717) is 6.54 Å². The van der Waals surface area contributed by atoms with Crippen LogP contribution in [-0.4, -0.2) is 29.8 Å². The summed E-state index contributed by atoms with van der Waals surface area (Å²) < 4.78 is 11.0. The van der Waals surface area contributed by atoms with Crippen molar-refractivity contribution in [2.75, 3.05) is 6.54 Å². The highest BCUT2D eigenvalue weighted by molar-refractivity contribution is 5.83. The van der Waals surface area contributed by atoms with Crippen molar-refractivity contribution in [1.82, 2.24) is 4.90 Å². The number of carbonyl (C=O) groups is 2. The molecule has 2 saturated carbocycles. The summed E-state index contributed by atoms with van der Waals surface area (Å²) in [6.45, 7) is 10.0. The van der Waals surface area contributed by atoms with E-state index in [0.717, 1.165) is 43.2 Å².